The van der Waals surface area contributed by atoms with Gasteiger partial charge < -0.3 is 5.32 Å². The van der Waals surface area contributed by atoms with E-state index in [-0.39, 0.29) is 0 Å². The summed E-state index contributed by atoms with van der Waals surface area (Å²) >= 11 is 6.08. The van der Waals surface area contributed by atoms with Gasteiger partial charge in [-0.25, -0.2) is 0 Å². The molecule has 1 aliphatic rings. The van der Waals surface area contributed by atoms with E-state index in [2.05, 4.69) is 37.4 Å². The van der Waals surface area contributed by atoms with Gasteiger partial charge in [0.1, 0.15) is 0 Å². The Bertz CT molecular complexity index is 386. The van der Waals surface area contributed by atoms with Gasteiger partial charge in [-0.3, -0.25) is 0 Å². The summed E-state index contributed by atoms with van der Waals surface area (Å²) in [5.41, 5.74) is 1.76. The van der Waals surface area contributed by atoms with Gasteiger partial charge >= 0.3 is 0 Å². The molecule has 1 atom stereocenters. The van der Waals surface area contributed by atoms with E-state index in [0.717, 1.165) is 30.5 Å². The molecule has 18 heavy (non-hydrogen) atoms. The molecule has 2 rings (SSSR count). The summed E-state index contributed by atoms with van der Waals surface area (Å²) in [6.07, 6.45) is 5.13. The summed E-state index contributed by atoms with van der Waals surface area (Å²) in [7, 11) is 0. The van der Waals surface area contributed by atoms with Crippen molar-refractivity contribution >= 4 is 11.6 Å². The summed E-state index contributed by atoms with van der Waals surface area (Å²) in [6, 6.07) is 8.33. The molecule has 1 saturated carbocycles. The van der Waals surface area contributed by atoms with Crippen LogP contribution in [0.15, 0.2) is 24.3 Å². The van der Waals surface area contributed by atoms with Gasteiger partial charge in [0.2, 0.25) is 0 Å². The fourth-order valence-corrected chi connectivity index (χ4v) is 3.01. The number of hydrogen-bond donors (Lipinski definition) is 1. The molecule has 1 nitrogen and oxygen atoms in total. The number of rotatable bonds is 7. The molecule has 2 heteroatoms. The van der Waals surface area contributed by atoms with Gasteiger partial charge in [-0.1, -0.05) is 37.6 Å². The molecule has 0 amide bonds. The van der Waals surface area contributed by atoms with E-state index in [1.54, 1.807) is 0 Å². The van der Waals surface area contributed by atoms with Gasteiger partial charge in [-0.2, -0.15) is 0 Å². The van der Waals surface area contributed by atoms with Crippen molar-refractivity contribution in [2.75, 3.05) is 13.1 Å². The van der Waals surface area contributed by atoms with Gasteiger partial charge in [0, 0.05) is 11.6 Å². The van der Waals surface area contributed by atoms with Crippen LogP contribution in [-0.2, 0) is 6.42 Å². The van der Waals surface area contributed by atoms with Gasteiger partial charge in [-0.05, 0) is 61.3 Å². The molecule has 0 saturated heterocycles. The first-order chi connectivity index (χ1) is 8.64. The van der Waals surface area contributed by atoms with E-state index in [0.29, 0.717) is 5.41 Å². The maximum atomic E-state index is 6.08. The summed E-state index contributed by atoms with van der Waals surface area (Å²) in [4.78, 5) is 0. The van der Waals surface area contributed by atoms with Gasteiger partial charge in [0.25, 0.3) is 0 Å². The van der Waals surface area contributed by atoms with Gasteiger partial charge in [0.05, 0.1) is 0 Å². The molecule has 100 valence electrons. The van der Waals surface area contributed by atoms with Crippen LogP contribution in [0.25, 0.3) is 0 Å². The summed E-state index contributed by atoms with van der Waals surface area (Å²) in [5.74, 6) is 0.890. The molecule has 0 spiro atoms. The van der Waals surface area contributed by atoms with Gasteiger partial charge in [0.15, 0.2) is 0 Å². The molecule has 0 bridgehead atoms. The Kier molecular flexibility index (Phi) is 4.69. The lowest BCUT2D eigenvalue weighted by molar-refractivity contribution is 0.256. The van der Waals surface area contributed by atoms with E-state index >= 15 is 0 Å². The van der Waals surface area contributed by atoms with Crippen molar-refractivity contribution in [1.29, 1.82) is 0 Å². The molecule has 1 N–H and O–H groups in total. The van der Waals surface area contributed by atoms with E-state index in [1.165, 1.54) is 24.8 Å². The minimum Gasteiger partial charge on any atom is -0.316 e. The molecular weight excluding hydrogens is 242 g/mol. The molecule has 0 radical (unpaired) electrons. The average molecular weight is 266 g/mol. The highest BCUT2D eigenvalue weighted by Gasteiger charge is 2.40. The molecule has 1 aromatic carbocycles. The summed E-state index contributed by atoms with van der Waals surface area (Å²) < 4.78 is 0. The molecular formula is C16H24ClN. The lowest BCUT2D eigenvalue weighted by Crippen LogP contribution is -2.36. The number of nitrogens with one attached hydrogen (secondary N) is 1. The number of benzene rings is 1. The second-order valence-electron chi connectivity index (χ2n) is 5.91. The van der Waals surface area contributed by atoms with Crippen molar-refractivity contribution < 1.29 is 0 Å². The second kappa shape index (κ2) is 6.08. The minimum atomic E-state index is 0.389. The van der Waals surface area contributed by atoms with Crippen LogP contribution < -0.4 is 5.32 Å². The smallest absolute Gasteiger partial charge is 0.0408 e. The third-order valence-electron chi connectivity index (χ3n) is 4.02. The largest absolute Gasteiger partial charge is 0.316 e. The molecule has 1 aromatic rings. The van der Waals surface area contributed by atoms with Gasteiger partial charge in [-0.15, -0.1) is 0 Å². The van der Waals surface area contributed by atoms with E-state index < -0.39 is 0 Å². The van der Waals surface area contributed by atoms with Crippen LogP contribution in [-0.4, -0.2) is 13.1 Å². The highest BCUT2D eigenvalue weighted by atomic mass is 35.5. The van der Waals surface area contributed by atoms with Crippen molar-refractivity contribution in [3.05, 3.63) is 34.9 Å². The highest BCUT2D eigenvalue weighted by molar-refractivity contribution is 6.30. The Labute approximate surface area is 116 Å². The normalized spacial score (nSPS) is 18.6. The van der Waals surface area contributed by atoms with Crippen LogP contribution in [0.2, 0.25) is 5.02 Å². The van der Waals surface area contributed by atoms with E-state index in [1.807, 2.05) is 6.07 Å². The zero-order valence-electron chi connectivity index (χ0n) is 11.5. The monoisotopic (exact) mass is 265 g/mol. The first-order valence-electron chi connectivity index (χ1n) is 7.09. The van der Waals surface area contributed by atoms with Crippen LogP contribution >= 0.6 is 11.6 Å². The fourth-order valence-electron chi connectivity index (χ4n) is 2.80. The van der Waals surface area contributed by atoms with Crippen LogP contribution in [0.1, 0.15) is 38.7 Å². The highest BCUT2D eigenvalue weighted by Crippen LogP contribution is 2.47. The van der Waals surface area contributed by atoms with Crippen molar-refractivity contribution in [2.24, 2.45) is 11.3 Å². The molecule has 1 aliphatic carbocycles. The lowest BCUT2D eigenvalue weighted by Gasteiger charge is -2.30. The predicted octanol–water partition coefficient (Wildman–Crippen LogP) is 4.30. The SMILES string of the molecule is CCCNCC(C)(Cc1cccc(Cl)c1)C1CC1. The number of halogens is 1. The van der Waals surface area contributed by atoms with Crippen molar-refractivity contribution in [3.63, 3.8) is 0 Å². The molecule has 0 aromatic heterocycles. The van der Waals surface area contributed by atoms with Crippen LogP contribution in [0.3, 0.4) is 0 Å². The summed E-state index contributed by atoms with van der Waals surface area (Å²) in [5, 5.41) is 4.45. The predicted molar refractivity (Wildman–Crippen MR) is 79.1 cm³/mol. The van der Waals surface area contributed by atoms with Crippen LogP contribution in [0.4, 0.5) is 0 Å². The van der Waals surface area contributed by atoms with E-state index in [9.17, 15) is 0 Å². The maximum Gasteiger partial charge on any atom is 0.0408 e. The first-order valence-corrected chi connectivity index (χ1v) is 7.47. The van der Waals surface area contributed by atoms with Crippen molar-refractivity contribution in [1.82, 2.24) is 5.32 Å². The van der Waals surface area contributed by atoms with Crippen molar-refractivity contribution in [3.8, 4) is 0 Å². The topological polar surface area (TPSA) is 12.0 Å². The maximum absolute atomic E-state index is 6.08. The van der Waals surface area contributed by atoms with Crippen LogP contribution in [0, 0.1) is 11.3 Å². The molecule has 1 fully saturated rings. The molecule has 0 heterocycles. The first kappa shape index (κ1) is 13.9. The standard InChI is InChI=1S/C16H24ClN/c1-3-9-18-12-16(2,14-7-8-14)11-13-5-4-6-15(17)10-13/h4-6,10,14,18H,3,7-9,11-12H2,1-2H3. The second-order valence-corrected chi connectivity index (χ2v) is 6.35. The fraction of sp³-hybridized carbons (Fsp3) is 0.625. The van der Waals surface area contributed by atoms with Crippen molar-refractivity contribution in [2.45, 2.75) is 39.5 Å². The van der Waals surface area contributed by atoms with Crippen LogP contribution in [0.5, 0.6) is 0 Å². The Morgan fingerprint density at radius 1 is 1.39 bits per heavy atom. The zero-order chi connectivity index (χ0) is 13.0. The Morgan fingerprint density at radius 2 is 2.17 bits per heavy atom. The minimum absolute atomic E-state index is 0.389. The lowest BCUT2D eigenvalue weighted by atomic mass is 9.79. The third-order valence-corrected chi connectivity index (χ3v) is 4.25. The van der Waals surface area contributed by atoms with E-state index in [4.69, 9.17) is 11.6 Å². The zero-order valence-corrected chi connectivity index (χ0v) is 12.3. The third kappa shape index (κ3) is 3.73. The quantitative estimate of drug-likeness (QED) is 0.725. The Hall–Kier alpha value is -0.530. The number of hydrogen-bond acceptors (Lipinski definition) is 1. The Morgan fingerprint density at radius 3 is 2.78 bits per heavy atom. The average Bonchev–Trinajstić information content (AvgIpc) is 3.13. The summed E-state index contributed by atoms with van der Waals surface area (Å²) in [6.45, 7) is 6.89. The molecule has 0 aliphatic heterocycles. The molecule has 1 unspecified atom stereocenters. The Balaban J connectivity index is 2.01.